The molecule has 2 unspecified atom stereocenters. The van der Waals surface area contributed by atoms with Crippen molar-refractivity contribution in [3.05, 3.63) is 48.2 Å². The van der Waals surface area contributed by atoms with E-state index >= 15 is 0 Å². The van der Waals surface area contributed by atoms with Crippen molar-refractivity contribution in [1.82, 2.24) is 5.16 Å². The number of anilines is 2. The highest BCUT2D eigenvalue weighted by Crippen LogP contribution is 2.30. The standard InChI is InChI=1S/C20H23FN3O3P/c1-12(21)13-4-6-14(7-5-13)24-15(8-9-18(24)25)19(26)22-17-10-16(27-23-17)20(2,3)11-28/h4-7,10,15H,1,8-9,11,28H2,2-3H3,(H,22,23,26). The summed E-state index contributed by atoms with van der Waals surface area (Å²) in [5, 5.41) is 6.65. The zero-order chi connectivity index (χ0) is 20.5. The Balaban J connectivity index is 1.77. The second kappa shape index (κ2) is 7.84. The van der Waals surface area contributed by atoms with Gasteiger partial charge in [0.1, 0.15) is 17.6 Å². The first-order valence-corrected chi connectivity index (χ1v) is 9.79. The molecule has 2 aromatic rings. The van der Waals surface area contributed by atoms with Gasteiger partial charge in [0.2, 0.25) is 11.8 Å². The third-order valence-corrected chi connectivity index (χ3v) is 5.93. The minimum absolute atomic E-state index is 0.156. The van der Waals surface area contributed by atoms with Gasteiger partial charge in [-0.25, -0.2) is 4.39 Å². The molecule has 28 heavy (non-hydrogen) atoms. The Labute approximate surface area is 165 Å². The lowest BCUT2D eigenvalue weighted by Crippen LogP contribution is -2.41. The Morgan fingerprint density at radius 1 is 1.43 bits per heavy atom. The molecule has 6 nitrogen and oxygen atoms in total. The van der Waals surface area contributed by atoms with Crippen LogP contribution in [0.5, 0.6) is 0 Å². The first kappa shape index (κ1) is 20.2. The lowest BCUT2D eigenvalue weighted by atomic mass is 9.93. The summed E-state index contributed by atoms with van der Waals surface area (Å²) in [6, 6.07) is 7.32. The normalized spacial score (nSPS) is 17.1. The molecule has 1 aromatic heterocycles. The molecule has 8 heteroatoms. The molecule has 1 saturated heterocycles. The summed E-state index contributed by atoms with van der Waals surface area (Å²) in [5.74, 6) is -0.0664. The molecule has 0 radical (unpaired) electrons. The van der Waals surface area contributed by atoms with Crippen LogP contribution in [0.4, 0.5) is 15.9 Å². The van der Waals surface area contributed by atoms with Crippen molar-refractivity contribution in [1.29, 1.82) is 0 Å². The molecule has 1 aliphatic heterocycles. The van der Waals surface area contributed by atoms with Crippen LogP contribution in [-0.4, -0.2) is 29.2 Å². The van der Waals surface area contributed by atoms with E-state index in [-0.39, 0.29) is 23.7 Å². The number of benzene rings is 1. The molecule has 1 aliphatic rings. The average Bonchev–Trinajstić information content (AvgIpc) is 3.29. The van der Waals surface area contributed by atoms with Crippen LogP contribution in [0.15, 0.2) is 41.4 Å². The minimum atomic E-state index is -0.665. The monoisotopic (exact) mass is 403 g/mol. The number of aromatic nitrogens is 1. The van der Waals surface area contributed by atoms with Gasteiger partial charge in [0.25, 0.3) is 0 Å². The fourth-order valence-corrected chi connectivity index (χ4v) is 3.22. The van der Waals surface area contributed by atoms with E-state index in [1.54, 1.807) is 18.2 Å². The van der Waals surface area contributed by atoms with Gasteiger partial charge in [0.05, 0.1) is 0 Å². The predicted molar refractivity (Wildman–Crippen MR) is 110 cm³/mol. The summed E-state index contributed by atoms with van der Waals surface area (Å²) in [6.45, 7) is 7.28. The number of carbonyl (C=O) groups is 2. The van der Waals surface area contributed by atoms with Crippen molar-refractivity contribution >= 4 is 38.4 Å². The fourth-order valence-electron chi connectivity index (χ4n) is 3.02. The van der Waals surface area contributed by atoms with Crippen LogP contribution in [0, 0.1) is 0 Å². The number of hydrogen-bond acceptors (Lipinski definition) is 4. The molecule has 0 spiro atoms. The Morgan fingerprint density at radius 2 is 2.11 bits per heavy atom. The maximum Gasteiger partial charge on any atom is 0.248 e. The van der Waals surface area contributed by atoms with Crippen molar-refractivity contribution in [2.75, 3.05) is 16.4 Å². The number of hydrogen-bond donors (Lipinski definition) is 1. The maximum atomic E-state index is 13.2. The van der Waals surface area contributed by atoms with E-state index in [2.05, 4.69) is 26.3 Å². The topological polar surface area (TPSA) is 75.4 Å². The summed E-state index contributed by atoms with van der Waals surface area (Å²) in [6.07, 6.45) is 1.44. The second-order valence-corrected chi connectivity index (χ2v) is 7.83. The van der Waals surface area contributed by atoms with E-state index in [1.165, 1.54) is 17.0 Å². The van der Waals surface area contributed by atoms with Crippen molar-refractivity contribution in [2.45, 2.75) is 38.1 Å². The highest BCUT2D eigenvalue weighted by molar-refractivity contribution is 7.16. The van der Waals surface area contributed by atoms with Gasteiger partial charge in [-0.2, -0.15) is 0 Å². The molecule has 2 amide bonds. The number of rotatable bonds is 6. The molecule has 2 heterocycles. The van der Waals surface area contributed by atoms with E-state index in [1.807, 2.05) is 13.8 Å². The second-order valence-electron chi connectivity index (χ2n) is 7.42. The number of carbonyl (C=O) groups excluding carboxylic acids is 2. The summed E-state index contributed by atoms with van der Waals surface area (Å²) in [7, 11) is 2.66. The van der Waals surface area contributed by atoms with Crippen molar-refractivity contribution in [2.24, 2.45) is 0 Å². The Bertz CT molecular complexity index is 908. The van der Waals surface area contributed by atoms with Crippen LogP contribution >= 0.6 is 9.24 Å². The Morgan fingerprint density at radius 3 is 2.71 bits per heavy atom. The minimum Gasteiger partial charge on any atom is -0.359 e. The molecule has 148 valence electrons. The zero-order valence-corrected chi connectivity index (χ0v) is 17.0. The number of amides is 2. The quantitative estimate of drug-likeness (QED) is 0.743. The third-order valence-electron chi connectivity index (χ3n) is 4.91. The van der Waals surface area contributed by atoms with Crippen molar-refractivity contribution in [3.8, 4) is 0 Å². The summed E-state index contributed by atoms with van der Waals surface area (Å²) >= 11 is 0. The summed E-state index contributed by atoms with van der Waals surface area (Å²) < 4.78 is 18.6. The summed E-state index contributed by atoms with van der Waals surface area (Å²) in [5.41, 5.74) is 0.652. The molecular weight excluding hydrogens is 380 g/mol. The van der Waals surface area contributed by atoms with E-state index in [0.29, 0.717) is 29.2 Å². The Hall–Kier alpha value is -2.53. The van der Waals surface area contributed by atoms with E-state index in [4.69, 9.17) is 4.52 Å². The van der Waals surface area contributed by atoms with Crippen molar-refractivity contribution < 1.29 is 18.5 Å². The fraction of sp³-hybridized carbons (Fsp3) is 0.350. The van der Waals surface area contributed by atoms with Crippen LogP contribution in [0.2, 0.25) is 0 Å². The lowest BCUT2D eigenvalue weighted by Gasteiger charge is -2.24. The van der Waals surface area contributed by atoms with E-state index in [9.17, 15) is 14.0 Å². The zero-order valence-electron chi connectivity index (χ0n) is 15.9. The van der Waals surface area contributed by atoms with Gasteiger partial charge in [-0.05, 0) is 36.8 Å². The molecule has 1 aromatic carbocycles. The van der Waals surface area contributed by atoms with Crippen LogP contribution < -0.4 is 10.2 Å². The Kier molecular flexibility index (Phi) is 5.66. The maximum absolute atomic E-state index is 13.2. The molecule has 0 bridgehead atoms. The first-order valence-electron chi connectivity index (χ1n) is 8.98. The van der Waals surface area contributed by atoms with Gasteiger partial charge in [0, 0.05) is 29.2 Å². The van der Waals surface area contributed by atoms with E-state index < -0.39 is 11.9 Å². The van der Waals surface area contributed by atoms with Crippen molar-refractivity contribution in [3.63, 3.8) is 0 Å². The highest BCUT2D eigenvalue weighted by atomic mass is 31.0. The third kappa shape index (κ3) is 3.99. The molecular formula is C20H23FN3O3P. The van der Waals surface area contributed by atoms with Crippen LogP contribution in [0.25, 0.3) is 5.83 Å². The molecule has 3 rings (SSSR count). The van der Waals surface area contributed by atoms with Gasteiger partial charge in [-0.15, -0.1) is 9.24 Å². The number of nitrogens with one attached hydrogen (secondary N) is 1. The number of nitrogens with zero attached hydrogens (tertiary/aromatic N) is 2. The van der Waals surface area contributed by atoms with Gasteiger partial charge < -0.3 is 9.84 Å². The highest BCUT2D eigenvalue weighted by Gasteiger charge is 2.37. The molecule has 2 atom stereocenters. The predicted octanol–water partition coefficient (Wildman–Crippen LogP) is 3.90. The molecule has 0 aliphatic carbocycles. The van der Waals surface area contributed by atoms with Gasteiger partial charge in [-0.1, -0.05) is 25.6 Å². The van der Waals surface area contributed by atoms with Gasteiger partial charge in [-0.3, -0.25) is 14.5 Å². The van der Waals surface area contributed by atoms with Crippen LogP contribution in [-0.2, 0) is 15.0 Å². The molecule has 1 N–H and O–H groups in total. The lowest BCUT2D eigenvalue weighted by molar-refractivity contribution is -0.120. The first-order chi connectivity index (χ1) is 13.2. The largest absolute Gasteiger partial charge is 0.359 e. The van der Waals surface area contributed by atoms with Crippen LogP contribution in [0.3, 0.4) is 0 Å². The van der Waals surface area contributed by atoms with E-state index in [0.717, 1.165) is 6.16 Å². The smallest absolute Gasteiger partial charge is 0.248 e. The summed E-state index contributed by atoms with van der Waals surface area (Å²) in [4.78, 5) is 26.6. The average molecular weight is 403 g/mol. The van der Waals surface area contributed by atoms with Gasteiger partial charge >= 0.3 is 0 Å². The molecule has 1 fully saturated rings. The number of halogens is 1. The molecule has 0 saturated carbocycles. The van der Waals surface area contributed by atoms with Crippen LogP contribution in [0.1, 0.15) is 38.0 Å². The van der Waals surface area contributed by atoms with Gasteiger partial charge in [0.15, 0.2) is 5.82 Å². The SMILES string of the molecule is C=C(F)c1ccc(N2C(=O)CCC2C(=O)Nc2cc(C(C)(C)CP)on2)cc1.